The summed E-state index contributed by atoms with van der Waals surface area (Å²) in [5, 5.41) is 10.1. The average Bonchev–Trinajstić information content (AvgIpc) is 2.37. The highest BCUT2D eigenvalue weighted by atomic mass is 16.5. The van der Waals surface area contributed by atoms with Gasteiger partial charge in [0, 0.05) is 17.7 Å². The second-order valence-electron chi connectivity index (χ2n) is 2.07. The highest BCUT2D eigenvalue weighted by Crippen LogP contribution is 1.68. The molecule has 0 amide bonds. The number of aromatic amines is 1. The first kappa shape index (κ1) is 7.63. The third-order valence-corrected chi connectivity index (χ3v) is 1.32. The Morgan fingerprint density at radius 3 is 3.00 bits per heavy atom. The van der Waals surface area contributed by atoms with Crippen LogP contribution in [0.1, 0.15) is 0 Å². The summed E-state index contributed by atoms with van der Waals surface area (Å²) in [6.45, 7) is 3.76. The largest absolute Gasteiger partial charge is 0.362 e. The zero-order chi connectivity index (χ0) is 8.10. The molecule has 3 heteroatoms. The van der Waals surface area contributed by atoms with Gasteiger partial charge in [0.15, 0.2) is 0 Å². The maximum atomic E-state index is 8.18. The second kappa shape index (κ2) is 3.63. The zero-order valence-corrected chi connectivity index (χ0v) is 6.04. The molecule has 11 heavy (non-hydrogen) atoms. The Balaban J connectivity index is 2.92. The van der Waals surface area contributed by atoms with Gasteiger partial charge in [-0.25, -0.2) is 0 Å². The molecule has 3 nitrogen and oxygen atoms in total. The number of hydrogen-bond donors (Lipinski definition) is 3. The van der Waals surface area contributed by atoms with Crippen molar-refractivity contribution < 1.29 is 5.21 Å². The van der Waals surface area contributed by atoms with Crippen LogP contribution in [-0.2, 0) is 0 Å². The number of H-pyrrole nitrogens is 1. The summed E-state index contributed by atoms with van der Waals surface area (Å²) in [7, 11) is 0. The van der Waals surface area contributed by atoms with Crippen LogP contribution in [0.2, 0.25) is 0 Å². The summed E-state index contributed by atoms with van der Waals surface area (Å²) in [4.78, 5) is 2.94. The zero-order valence-electron chi connectivity index (χ0n) is 6.04. The number of nitrogens with one attached hydrogen (secondary N) is 2. The predicted octanol–water partition coefficient (Wildman–Crippen LogP) is -0.302. The van der Waals surface area contributed by atoms with E-state index in [1.807, 2.05) is 23.8 Å². The Hall–Kier alpha value is -1.48. The normalized spacial score (nSPS) is 12.6. The topological polar surface area (TPSA) is 48.0 Å². The first-order valence-electron chi connectivity index (χ1n) is 3.23. The summed E-state index contributed by atoms with van der Waals surface area (Å²) < 4.78 is 0. The molecule has 0 radical (unpaired) electrons. The predicted molar refractivity (Wildman–Crippen MR) is 44.1 cm³/mol. The van der Waals surface area contributed by atoms with Crippen molar-refractivity contribution in [3.63, 3.8) is 0 Å². The first-order chi connectivity index (χ1) is 5.34. The van der Waals surface area contributed by atoms with E-state index in [1.54, 1.807) is 6.08 Å². The molecule has 3 N–H and O–H groups in total. The van der Waals surface area contributed by atoms with Crippen molar-refractivity contribution in [2.75, 3.05) is 0 Å². The lowest BCUT2D eigenvalue weighted by atomic mass is 10.4. The van der Waals surface area contributed by atoms with E-state index in [-0.39, 0.29) is 0 Å². The van der Waals surface area contributed by atoms with Crippen LogP contribution in [0.5, 0.6) is 0 Å². The number of hydrogen-bond acceptors (Lipinski definition) is 2. The van der Waals surface area contributed by atoms with Crippen molar-refractivity contribution >= 4 is 12.7 Å². The van der Waals surface area contributed by atoms with Gasteiger partial charge in [-0.2, -0.15) is 0 Å². The van der Waals surface area contributed by atoms with Crippen LogP contribution in [0.3, 0.4) is 0 Å². The SMILES string of the molecule is C=c1[nH]cc/c1=C/C=C\NO. The minimum atomic E-state index is 0.868. The van der Waals surface area contributed by atoms with Gasteiger partial charge >= 0.3 is 0 Å². The van der Waals surface area contributed by atoms with Crippen LogP contribution < -0.4 is 16.0 Å². The van der Waals surface area contributed by atoms with Gasteiger partial charge < -0.3 is 4.98 Å². The molecule has 1 aromatic heterocycles. The Morgan fingerprint density at radius 1 is 1.64 bits per heavy atom. The van der Waals surface area contributed by atoms with Gasteiger partial charge in [0.1, 0.15) is 0 Å². The molecule has 0 aliphatic rings. The fourth-order valence-corrected chi connectivity index (χ4v) is 0.767. The molecule has 0 saturated heterocycles. The summed E-state index contributed by atoms with van der Waals surface area (Å²) in [6, 6.07) is 1.91. The Labute approximate surface area is 64.3 Å². The van der Waals surface area contributed by atoms with E-state index in [1.165, 1.54) is 6.20 Å². The molecule has 1 aromatic rings. The average molecular weight is 150 g/mol. The van der Waals surface area contributed by atoms with Crippen LogP contribution in [0.15, 0.2) is 24.5 Å². The molecule has 1 heterocycles. The summed E-state index contributed by atoms with van der Waals surface area (Å²) in [6.07, 6.45) is 6.76. The van der Waals surface area contributed by atoms with Crippen molar-refractivity contribution in [2.24, 2.45) is 0 Å². The lowest BCUT2D eigenvalue weighted by molar-refractivity contribution is 0.214. The lowest BCUT2D eigenvalue weighted by Gasteiger charge is -1.78. The first-order valence-corrected chi connectivity index (χ1v) is 3.23. The quantitative estimate of drug-likeness (QED) is 0.507. The smallest absolute Gasteiger partial charge is 0.0380 e. The third-order valence-electron chi connectivity index (χ3n) is 1.32. The number of allylic oxidation sites excluding steroid dienone is 1. The van der Waals surface area contributed by atoms with E-state index in [0.29, 0.717) is 0 Å². The molecule has 0 aromatic carbocycles. The van der Waals surface area contributed by atoms with E-state index in [9.17, 15) is 0 Å². The van der Waals surface area contributed by atoms with Gasteiger partial charge in [-0.15, -0.1) is 0 Å². The van der Waals surface area contributed by atoms with Gasteiger partial charge in [0.05, 0.1) is 0 Å². The Kier molecular flexibility index (Phi) is 2.52. The highest BCUT2D eigenvalue weighted by Gasteiger charge is 1.77. The minimum Gasteiger partial charge on any atom is -0.362 e. The van der Waals surface area contributed by atoms with Crippen LogP contribution in [-0.4, -0.2) is 10.2 Å². The van der Waals surface area contributed by atoms with Crippen molar-refractivity contribution in [3.05, 3.63) is 35.1 Å². The van der Waals surface area contributed by atoms with Gasteiger partial charge in [-0.3, -0.25) is 10.7 Å². The molecule has 0 spiro atoms. The van der Waals surface area contributed by atoms with Crippen molar-refractivity contribution in [3.8, 4) is 0 Å². The molecular weight excluding hydrogens is 140 g/mol. The molecule has 0 fully saturated rings. The molecule has 0 bridgehead atoms. The third kappa shape index (κ3) is 1.98. The summed E-state index contributed by atoms with van der Waals surface area (Å²) >= 11 is 0. The fourth-order valence-electron chi connectivity index (χ4n) is 0.767. The van der Waals surface area contributed by atoms with E-state index in [0.717, 1.165) is 10.6 Å². The molecule has 1 rings (SSSR count). The van der Waals surface area contributed by atoms with Gasteiger partial charge in [0.25, 0.3) is 0 Å². The molecule has 58 valence electrons. The molecule has 0 aliphatic carbocycles. The molecular formula is C8H10N2O. The molecule has 0 atom stereocenters. The highest BCUT2D eigenvalue weighted by molar-refractivity contribution is 5.36. The Morgan fingerprint density at radius 2 is 2.45 bits per heavy atom. The van der Waals surface area contributed by atoms with Gasteiger partial charge in [-0.1, -0.05) is 12.7 Å². The van der Waals surface area contributed by atoms with Crippen molar-refractivity contribution in [1.29, 1.82) is 0 Å². The van der Waals surface area contributed by atoms with Crippen LogP contribution >= 0.6 is 0 Å². The number of hydroxylamine groups is 1. The van der Waals surface area contributed by atoms with E-state index in [4.69, 9.17) is 5.21 Å². The number of aromatic nitrogens is 1. The minimum absolute atomic E-state index is 0.868. The van der Waals surface area contributed by atoms with Gasteiger partial charge in [-0.05, 0) is 17.4 Å². The standard InChI is InChI=1S/C8H10N2O/c1-7-8(4-6-9-7)3-2-5-10-11/h2-6,9-11H,1H2/b5-2-,8-3-. The fraction of sp³-hybridized carbons (Fsp3) is 0. The van der Waals surface area contributed by atoms with E-state index >= 15 is 0 Å². The van der Waals surface area contributed by atoms with Gasteiger partial charge in [0.2, 0.25) is 0 Å². The van der Waals surface area contributed by atoms with Crippen molar-refractivity contribution in [2.45, 2.75) is 0 Å². The van der Waals surface area contributed by atoms with E-state index in [2.05, 4.69) is 11.6 Å². The molecule has 0 saturated carbocycles. The van der Waals surface area contributed by atoms with Crippen molar-refractivity contribution in [1.82, 2.24) is 10.5 Å². The summed E-state index contributed by atoms with van der Waals surface area (Å²) in [5.41, 5.74) is 1.91. The second-order valence-corrected chi connectivity index (χ2v) is 2.07. The van der Waals surface area contributed by atoms with E-state index < -0.39 is 0 Å². The molecule has 0 unspecified atom stereocenters. The maximum Gasteiger partial charge on any atom is 0.0380 e. The van der Waals surface area contributed by atoms with Crippen LogP contribution in [0, 0.1) is 0 Å². The Bertz CT molecular complexity index is 337. The monoisotopic (exact) mass is 150 g/mol. The maximum absolute atomic E-state index is 8.18. The lowest BCUT2D eigenvalue weighted by Crippen LogP contribution is -2.19. The molecule has 0 aliphatic heterocycles. The number of rotatable bonds is 2. The van der Waals surface area contributed by atoms with Crippen LogP contribution in [0.25, 0.3) is 12.7 Å². The summed E-state index contributed by atoms with van der Waals surface area (Å²) in [5.74, 6) is 0. The van der Waals surface area contributed by atoms with Crippen LogP contribution in [0.4, 0.5) is 0 Å².